The predicted molar refractivity (Wildman–Crippen MR) is 88.1 cm³/mol. The largest absolute Gasteiger partial charge is 0.340 e. The summed E-state index contributed by atoms with van der Waals surface area (Å²) in [4.78, 5) is 0. The topological polar surface area (TPSA) is 87.8 Å². The number of aryl methyl sites for hydroxylation is 1. The Morgan fingerprint density at radius 1 is 1.04 bits per heavy atom. The van der Waals surface area contributed by atoms with E-state index in [9.17, 15) is 8.42 Å². The van der Waals surface area contributed by atoms with E-state index in [4.69, 9.17) is 18.8 Å². The van der Waals surface area contributed by atoms with Gasteiger partial charge < -0.3 is 9.47 Å². The molecule has 3 rings (SSSR count). The summed E-state index contributed by atoms with van der Waals surface area (Å²) >= 11 is 0. The van der Waals surface area contributed by atoms with Gasteiger partial charge >= 0.3 is 10.3 Å². The second-order valence-corrected chi connectivity index (χ2v) is 6.83. The van der Waals surface area contributed by atoms with Crippen molar-refractivity contribution in [2.24, 2.45) is 5.14 Å². The molecule has 0 aromatic heterocycles. The summed E-state index contributed by atoms with van der Waals surface area (Å²) in [7, 11) is -4.05. The maximum atomic E-state index is 11.1. The Kier molecular flexibility index (Phi) is 4.98. The van der Waals surface area contributed by atoms with E-state index in [1.54, 1.807) is 0 Å². The minimum atomic E-state index is -4.05. The molecule has 7 heteroatoms. The molecule has 0 spiro atoms. The van der Waals surface area contributed by atoms with Crippen molar-refractivity contribution in [3.8, 4) is 0 Å². The van der Waals surface area contributed by atoms with Gasteiger partial charge in [-0.25, -0.2) is 5.14 Å². The molecule has 1 saturated heterocycles. The van der Waals surface area contributed by atoms with Crippen LogP contribution < -0.4 is 5.14 Å². The fraction of sp³-hybridized carbons (Fsp3) is 0.294. The minimum Gasteiger partial charge on any atom is -0.340 e. The van der Waals surface area contributed by atoms with Gasteiger partial charge in [-0.15, -0.1) is 0 Å². The van der Waals surface area contributed by atoms with Crippen LogP contribution in [0.15, 0.2) is 54.6 Å². The Morgan fingerprint density at radius 3 is 2.38 bits per heavy atom. The summed E-state index contributed by atoms with van der Waals surface area (Å²) < 4.78 is 38.9. The Balaban J connectivity index is 1.86. The lowest BCUT2D eigenvalue weighted by Gasteiger charge is -2.18. The molecule has 1 aliphatic heterocycles. The summed E-state index contributed by atoms with van der Waals surface area (Å²) in [5, 5.41) is 4.93. The molecule has 1 aliphatic rings. The summed E-state index contributed by atoms with van der Waals surface area (Å²) in [5.74, 6) is 0. The van der Waals surface area contributed by atoms with Gasteiger partial charge in [0.05, 0.1) is 6.61 Å². The first-order valence-electron chi connectivity index (χ1n) is 7.52. The molecule has 1 heterocycles. The molecule has 1 fully saturated rings. The molecule has 128 valence electrons. The Hall–Kier alpha value is -1.77. The smallest absolute Gasteiger partial charge is 0.333 e. The van der Waals surface area contributed by atoms with Crippen LogP contribution in [0.25, 0.3) is 0 Å². The molecular formula is C17H19NO5S. The summed E-state index contributed by atoms with van der Waals surface area (Å²) in [6, 6.07) is 17.2. The number of benzene rings is 2. The molecular weight excluding hydrogens is 330 g/mol. The van der Waals surface area contributed by atoms with E-state index in [1.165, 1.54) is 0 Å². The standard InChI is InChI=1S/C17H19NO5S/c1-12-7-5-6-10-14(12)16-15(11-21-24(18,19)20)22-17(23-16)13-8-3-2-4-9-13/h2-10,15-17H,11H2,1H3,(H2,18,19,20). The van der Waals surface area contributed by atoms with Crippen LogP contribution in [0.4, 0.5) is 0 Å². The van der Waals surface area contributed by atoms with Gasteiger partial charge in [0.1, 0.15) is 12.2 Å². The molecule has 24 heavy (non-hydrogen) atoms. The van der Waals surface area contributed by atoms with Crippen LogP contribution in [0.5, 0.6) is 0 Å². The SMILES string of the molecule is Cc1ccccc1C1OC(c2ccccc2)OC1COS(N)(=O)=O. The average Bonchev–Trinajstić information content (AvgIpc) is 2.98. The van der Waals surface area contributed by atoms with Crippen molar-refractivity contribution < 1.29 is 22.1 Å². The third-order valence-corrected chi connectivity index (χ3v) is 4.33. The van der Waals surface area contributed by atoms with Gasteiger partial charge in [-0.1, -0.05) is 54.6 Å². The molecule has 3 atom stereocenters. The molecule has 0 saturated carbocycles. The van der Waals surface area contributed by atoms with E-state index >= 15 is 0 Å². The fourth-order valence-electron chi connectivity index (χ4n) is 2.72. The highest BCUT2D eigenvalue weighted by atomic mass is 32.2. The summed E-state index contributed by atoms with van der Waals surface area (Å²) in [6.07, 6.45) is -1.63. The van der Waals surface area contributed by atoms with Gasteiger partial charge in [0.2, 0.25) is 0 Å². The van der Waals surface area contributed by atoms with E-state index in [2.05, 4.69) is 0 Å². The minimum absolute atomic E-state index is 0.207. The first kappa shape index (κ1) is 17.1. The van der Waals surface area contributed by atoms with Gasteiger partial charge in [-0.05, 0) is 18.1 Å². The second kappa shape index (κ2) is 7.00. The Morgan fingerprint density at radius 2 is 1.71 bits per heavy atom. The van der Waals surface area contributed by atoms with Crippen molar-refractivity contribution in [2.45, 2.75) is 25.4 Å². The quantitative estimate of drug-likeness (QED) is 0.895. The lowest BCUT2D eigenvalue weighted by Crippen LogP contribution is -2.27. The zero-order chi connectivity index (χ0) is 17.2. The first-order valence-corrected chi connectivity index (χ1v) is 9.00. The van der Waals surface area contributed by atoms with Crippen LogP contribution in [0.2, 0.25) is 0 Å². The van der Waals surface area contributed by atoms with Crippen molar-refractivity contribution >= 4 is 10.3 Å². The molecule has 2 aromatic carbocycles. The van der Waals surface area contributed by atoms with Gasteiger partial charge in [0.15, 0.2) is 6.29 Å². The lowest BCUT2D eigenvalue weighted by atomic mass is 10.00. The number of hydrogen-bond donors (Lipinski definition) is 1. The molecule has 2 N–H and O–H groups in total. The molecule has 6 nitrogen and oxygen atoms in total. The zero-order valence-electron chi connectivity index (χ0n) is 13.2. The van der Waals surface area contributed by atoms with Gasteiger partial charge in [-0.3, -0.25) is 4.18 Å². The van der Waals surface area contributed by atoms with Crippen molar-refractivity contribution in [2.75, 3.05) is 6.61 Å². The maximum Gasteiger partial charge on any atom is 0.333 e. The maximum absolute atomic E-state index is 11.1. The third kappa shape index (κ3) is 4.00. The average molecular weight is 349 g/mol. The highest BCUT2D eigenvalue weighted by molar-refractivity contribution is 7.84. The molecule has 0 aliphatic carbocycles. The Bertz CT molecular complexity index is 794. The van der Waals surface area contributed by atoms with Crippen molar-refractivity contribution in [1.82, 2.24) is 0 Å². The van der Waals surface area contributed by atoms with Crippen LogP contribution in [0.3, 0.4) is 0 Å². The van der Waals surface area contributed by atoms with Crippen LogP contribution in [0.1, 0.15) is 29.1 Å². The van der Waals surface area contributed by atoms with Crippen LogP contribution >= 0.6 is 0 Å². The molecule has 3 unspecified atom stereocenters. The van der Waals surface area contributed by atoms with Gasteiger partial charge in [-0.2, -0.15) is 8.42 Å². The normalized spacial score (nSPS) is 24.2. The van der Waals surface area contributed by atoms with E-state index in [0.29, 0.717) is 0 Å². The van der Waals surface area contributed by atoms with E-state index in [0.717, 1.165) is 16.7 Å². The van der Waals surface area contributed by atoms with Crippen LogP contribution in [0, 0.1) is 6.92 Å². The third-order valence-electron chi connectivity index (χ3n) is 3.87. The van der Waals surface area contributed by atoms with Crippen LogP contribution in [-0.4, -0.2) is 21.1 Å². The van der Waals surface area contributed by atoms with Crippen molar-refractivity contribution in [3.05, 3.63) is 71.3 Å². The van der Waals surface area contributed by atoms with E-state index < -0.39 is 28.8 Å². The molecule has 0 amide bonds. The first-order chi connectivity index (χ1) is 11.4. The second-order valence-electron chi connectivity index (χ2n) is 5.61. The lowest BCUT2D eigenvalue weighted by molar-refractivity contribution is -0.0727. The van der Waals surface area contributed by atoms with Crippen molar-refractivity contribution in [3.63, 3.8) is 0 Å². The predicted octanol–water partition coefficient (Wildman–Crippen LogP) is 2.37. The number of ether oxygens (including phenoxy) is 2. The van der Waals surface area contributed by atoms with E-state index in [1.807, 2.05) is 61.5 Å². The molecule has 0 bridgehead atoms. The van der Waals surface area contributed by atoms with Crippen molar-refractivity contribution in [1.29, 1.82) is 0 Å². The summed E-state index contributed by atoms with van der Waals surface area (Å²) in [6.45, 7) is 1.76. The number of nitrogens with two attached hydrogens (primary N) is 1. The van der Waals surface area contributed by atoms with E-state index in [-0.39, 0.29) is 6.61 Å². The molecule has 0 radical (unpaired) electrons. The zero-order valence-corrected chi connectivity index (χ0v) is 14.0. The monoisotopic (exact) mass is 349 g/mol. The fourth-order valence-corrected chi connectivity index (χ4v) is 3.04. The Labute approximate surface area is 141 Å². The summed E-state index contributed by atoms with van der Waals surface area (Å²) in [5.41, 5.74) is 2.81. The van der Waals surface area contributed by atoms with Gasteiger partial charge in [0.25, 0.3) is 0 Å². The van der Waals surface area contributed by atoms with Crippen LogP contribution in [-0.2, 0) is 24.0 Å². The van der Waals surface area contributed by atoms with Gasteiger partial charge in [0, 0.05) is 5.56 Å². The molecule has 2 aromatic rings. The highest BCUT2D eigenvalue weighted by Crippen LogP contribution is 2.40. The number of rotatable bonds is 5. The highest BCUT2D eigenvalue weighted by Gasteiger charge is 2.39. The number of hydrogen-bond acceptors (Lipinski definition) is 5.